The van der Waals surface area contributed by atoms with Crippen LogP contribution in [0.4, 0.5) is 0 Å². The Hall–Kier alpha value is -1.61. The molecule has 134 valence electrons. The Balaban J connectivity index is 1.73. The number of amides is 2. The monoisotopic (exact) mass is 334 g/mol. The molecule has 1 aliphatic carbocycles. The van der Waals surface area contributed by atoms with E-state index in [1.165, 1.54) is 32.1 Å². The Morgan fingerprint density at radius 1 is 1.17 bits per heavy atom. The molecule has 0 radical (unpaired) electrons. The zero-order chi connectivity index (χ0) is 17.4. The first kappa shape index (κ1) is 18.7. The minimum Gasteiger partial charge on any atom is -0.370 e. The van der Waals surface area contributed by atoms with Gasteiger partial charge in [0.15, 0.2) is 0 Å². The van der Waals surface area contributed by atoms with Crippen LogP contribution in [-0.2, 0) is 9.59 Å². The number of rotatable bonds is 7. The molecule has 0 atom stereocenters. The third-order valence-electron chi connectivity index (χ3n) is 5.48. The van der Waals surface area contributed by atoms with Crippen LogP contribution in [0.3, 0.4) is 0 Å². The van der Waals surface area contributed by atoms with E-state index < -0.39 is 5.54 Å². The van der Waals surface area contributed by atoms with Crippen molar-refractivity contribution >= 4 is 11.8 Å². The number of carbonyl (C=O) groups excluding carboxylic acids is 2. The summed E-state index contributed by atoms with van der Waals surface area (Å²) in [7, 11) is 0. The van der Waals surface area contributed by atoms with E-state index in [0.29, 0.717) is 51.2 Å². The molecule has 0 aromatic rings. The second kappa shape index (κ2) is 9.03. The van der Waals surface area contributed by atoms with Gasteiger partial charge in [0, 0.05) is 32.5 Å². The van der Waals surface area contributed by atoms with Crippen molar-refractivity contribution in [2.45, 2.75) is 69.7 Å². The summed E-state index contributed by atoms with van der Waals surface area (Å²) >= 11 is 0. The Kier molecular flexibility index (Phi) is 7.04. The minimum atomic E-state index is -0.743. The van der Waals surface area contributed by atoms with Crippen LogP contribution < -0.4 is 11.1 Å². The van der Waals surface area contributed by atoms with Crippen LogP contribution in [0.2, 0.25) is 0 Å². The Labute approximate surface area is 144 Å². The van der Waals surface area contributed by atoms with Crippen LogP contribution in [0.5, 0.6) is 0 Å². The molecule has 0 bridgehead atoms. The third kappa shape index (κ3) is 5.79. The predicted molar refractivity (Wildman–Crippen MR) is 91.8 cm³/mol. The number of nitriles is 1. The van der Waals surface area contributed by atoms with Gasteiger partial charge in [0.05, 0.1) is 6.07 Å². The Morgan fingerprint density at radius 3 is 2.42 bits per heavy atom. The zero-order valence-electron chi connectivity index (χ0n) is 14.6. The molecular formula is C18H30N4O2. The lowest BCUT2D eigenvalue weighted by atomic mass is 9.85. The summed E-state index contributed by atoms with van der Waals surface area (Å²) in [5, 5.41) is 12.5. The fourth-order valence-corrected chi connectivity index (χ4v) is 3.83. The average molecular weight is 334 g/mol. The van der Waals surface area contributed by atoms with Crippen LogP contribution in [0.15, 0.2) is 0 Å². The van der Waals surface area contributed by atoms with Gasteiger partial charge in [0.25, 0.3) is 0 Å². The standard InChI is InChI=1S/C18H30N4O2/c19-14-18(9-12-22(13-10-18)11-8-16(20)23)21-17(24)7-6-15-4-2-1-3-5-15/h15H,1-13H2,(H2,20,23)(H,21,24). The summed E-state index contributed by atoms with van der Waals surface area (Å²) in [5.41, 5.74) is 4.43. The maximum absolute atomic E-state index is 12.3. The van der Waals surface area contributed by atoms with Gasteiger partial charge in [-0.2, -0.15) is 5.26 Å². The number of primary amides is 1. The lowest BCUT2D eigenvalue weighted by Crippen LogP contribution is -2.54. The fourth-order valence-electron chi connectivity index (χ4n) is 3.83. The molecule has 2 aliphatic rings. The molecule has 1 aliphatic heterocycles. The van der Waals surface area contributed by atoms with Crippen molar-refractivity contribution in [3.05, 3.63) is 0 Å². The molecule has 6 nitrogen and oxygen atoms in total. The highest BCUT2D eigenvalue weighted by Gasteiger charge is 2.36. The van der Waals surface area contributed by atoms with E-state index in [1.54, 1.807) is 0 Å². The van der Waals surface area contributed by atoms with Crippen LogP contribution in [-0.4, -0.2) is 41.9 Å². The Morgan fingerprint density at radius 2 is 1.83 bits per heavy atom. The third-order valence-corrected chi connectivity index (χ3v) is 5.48. The topological polar surface area (TPSA) is 99.2 Å². The second-order valence-electron chi connectivity index (χ2n) is 7.34. The van der Waals surface area contributed by atoms with Gasteiger partial charge in [-0.1, -0.05) is 32.1 Å². The number of hydrogen-bond donors (Lipinski definition) is 2. The molecule has 1 saturated heterocycles. The van der Waals surface area contributed by atoms with E-state index in [0.717, 1.165) is 6.42 Å². The molecule has 0 aromatic heterocycles. The van der Waals surface area contributed by atoms with Crippen molar-refractivity contribution in [3.8, 4) is 6.07 Å². The van der Waals surface area contributed by atoms with Crippen molar-refractivity contribution in [3.63, 3.8) is 0 Å². The highest BCUT2D eigenvalue weighted by molar-refractivity contribution is 5.77. The molecule has 24 heavy (non-hydrogen) atoms. The SMILES string of the molecule is N#CC1(NC(=O)CCC2CCCCC2)CCN(CCC(N)=O)CC1. The van der Waals surface area contributed by atoms with Gasteiger partial charge in [-0.05, 0) is 25.2 Å². The molecular weight excluding hydrogens is 304 g/mol. The summed E-state index contributed by atoms with van der Waals surface area (Å²) in [4.78, 5) is 25.3. The summed E-state index contributed by atoms with van der Waals surface area (Å²) in [5.74, 6) is 0.383. The van der Waals surface area contributed by atoms with E-state index in [1.807, 2.05) is 0 Å². The number of carbonyl (C=O) groups is 2. The molecule has 3 N–H and O–H groups in total. The van der Waals surface area contributed by atoms with Gasteiger partial charge in [-0.15, -0.1) is 0 Å². The molecule has 2 rings (SSSR count). The molecule has 1 saturated carbocycles. The fraction of sp³-hybridized carbons (Fsp3) is 0.833. The van der Waals surface area contributed by atoms with E-state index in [2.05, 4.69) is 16.3 Å². The number of likely N-dealkylation sites (tertiary alicyclic amines) is 1. The molecule has 0 spiro atoms. The van der Waals surface area contributed by atoms with Crippen molar-refractivity contribution in [1.82, 2.24) is 10.2 Å². The van der Waals surface area contributed by atoms with Gasteiger partial charge < -0.3 is 16.0 Å². The van der Waals surface area contributed by atoms with Gasteiger partial charge >= 0.3 is 0 Å². The van der Waals surface area contributed by atoms with Gasteiger partial charge in [0.1, 0.15) is 5.54 Å². The van der Waals surface area contributed by atoms with Crippen LogP contribution in [0.1, 0.15) is 64.2 Å². The number of nitrogens with zero attached hydrogens (tertiary/aromatic N) is 2. The number of nitrogens with one attached hydrogen (secondary N) is 1. The summed E-state index contributed by atoms with van der Waals surface area (Å²) in [6.45, 7) is 2.06. The van der Waals surface area contributed by atoms with E-state index in [-0.39, 0.29) is 11.8 Å². The molecule has 6 heteroatoms. The molecule has 0 unspecified atom stereocenters. The molecule has 1 heterocycles. The summed E-state index contributed by atoms with van der Waals surface area (Å²) in [6.07, 6.45) is 9.41. The molecule has 2 fully saturated rings. The smallest absolute Gasteiger partial charge is 0.221 e. The largest absolute Gasteiger partial charge is 0.370 e. The number of hydrogen-bond acceptors (Lipinski definition) is 4. The van der Waals surface area contributed by atoms with Crippen molar-refractivity contribution < 1.29 is 9.59 Å². The maximum atomic E-state index is 12.3. The van der Waals surface area contributed by atoms with Crippen LogP contribution >= 0.6 is 0 Å². The first-order valence-electron chi connectivity index (χ1n) is 9.26. The number of nitrogens with two attached hydrogens (primary N) is 1. The molecule has 0 aromatic carbocycles. The molecule has 2 amide bonds. The zero-order valence-corrected chi connectivity index (χ0v) is 14.6. The Bertz CT molecular complexity index is 472. The normalized spacial score (nSPS) is 21.8. The summed E-state index contributed by atoms with van der Waals surface area (Å²) < 4.78 is 0. The maximum Gasteiger partial charge on any atom is 0.221 e. The lowest BCUT2D eigenvalue weighted by Gasteiger charge is -2.37. The summed E-state index contributed by atoms with van der Waals surface area (Å²) in [6, 6.07) is 2.32. The van der Waals surface area contributed by atoms with Crippen molar-refractivity contribution in [2.24, 2.45) is 11.7 Å². The average Bonchev–Trinajstić information content (AvgIpc) is 2.60. The van der Waals surface area contributed by atoms with E-state index in [4.69, 9.17) is 5.73 Å². The van der Waals surface area contributed by atoms with Gasteiger partial charge in [-0.3, -0.25) is 9.59 Å². The van der Waals surface area contributed by atoms with Crippen LogP contribution in [0.25, 0.3) is 0 Å². The quantitative estimate of drug-likeness (QED) is 0.740. The van der Waals surface area contributed by atoms with Crippen LogP contribution in [0, 0.1) is 17.2 Å². The van der Waals surface area contributed by atoms with E-state index in [9.17, 15) is 14.9 Å². The minimum absolute atomic E-state index is 0.00714. The first-order chi connectivity index (χ1) is 11.5. The van der Waals surface area contributed by atoms with Crippen molar-refractivity contribution in [1.29, 1.82) is 5.26 Å². The highest BCUT2D eigenvalue weighted by atomic mass is 16.2. The predicted octanol–water partition coefficient (Wildman–Crippen LogP) is 1.70. The second-order valence-corrected chi connectivity index (χ2v) is 7.34. The lowest BCUT2D eigenvalue weighted by molar-refractivity contribution is -0.123. The van der Waals surface area contributed by atoms with Gasteiger partial charge in [-0.25, -0.2) is 0 Å². The number of piperidine rings is 1. The highest BCUT2D eigenvalue weighted by Crippen LogP contribution is 2.28. The van der Waals surface area contributed by atoms with E-state index >= 15 is 0 Å². The van der Waals surface area contributed by atoms with Gasteiger partial charge in [0.2, 0.25) is 11.8 Å². The van der Waals surface area contributed by atoms with Crippen molar-refractivity contribution in [2.75, 3.05) is 19.6 Å². The first-order valence-corrected chi connectivity index (χ1v) is 9.26.